The maximum absolute atomic E-state index is 14.2. The molecule has 0 aliphatic heterocycles. The van der Waals surface area contributed by atoms with Gasteiger partial charge in [0.15, 0.2) is 23.1 Å². The van der Waals surface area contributed by atoms with Crippen LogP contribution in [-0.4, -0.2) is 28.6 Å². The number of ether oxygens (including phenoxy) is 2. The van der Waals surface area contributed by atoms with Gasteiger partial charge in [-0.1, -0.05) is 6.07 Å². The van der Waals surface area contributed by atoms with Gasteiger partial charge in [-0.15, -0.1) is 0 Å². The number of hydrogen-bond acceptors (Lipinski definition) is 7. The third-order valence-corrected chi connectivity index (χ3v) is 5.01. The fourth-order valence-corrected chi connectivity index (χ4v) is 3.28. The summed E-state index contributed by atoms with van der Waals surface area (Å²) in [4.78, 5) is 0. The Hall–Kier alpha value is -4.76. The molecule has 3 N–H and O–H groups in total. The monoisotopic (exact) mass is 541 g/mol. The number of nitriles is 2. The fraction of sp³-hybridized carbons (Fsp3) is 0.174. The fourth-order valence-electron chi connectivity index (χ4n) is 3.28. The first kappa shape index (κ1) is 27.8. The molecule has 1 aromatic heterocycles. The van der Waals surface area contributed by atoms with E-state index in [0.29, 0.717) is 0 Å². The Balaban J connectivity index is 2.06. The second-order valence-corrected chi connectivity index (χ2v) is 7.31. The van der Waals surface area contributed by atoms with E-state index in [1.807, 2.05) is 6.07 Å². The molecule has 3 aromatic rings. The number of aromatic nitrogens is 2. The van der Waals surface area contributed by atoms with Crippen molar-refractivity contribution < 1.29 is 45.3 Å². The van der Waals surface area contributed by atoms with Gasteiger partial charge in [0, 0.05) is 0 Å². The predicted octanol–water partition coefficient (Wildman–Crippen LogP) is 4.77. The molecule has 0 saturated carbocycles. The van der Waals surface area contributed by atoms with E-state index in [2.05, 4.69) is 5.10 Å². The molecule has 0 radical (unpaired) electrons. The molecule has 15 heteroatoms. The molecule has 0 unspecified atom stereocenters. The number of rotatable bonds is 7. The molecule has 0 spiro atoms. The maximum atomic E-state index is 14.2. The Kier molecular flexibility index (Phi) is 7.83. The number of aliphatic hydroxyl groups excluding tert-OH is 1. The van der Waals surface area contributed by atoms with Crippen molar-refractivity contribution >= 4 is 17.5 Å². The zero-order valence-corrected chi connectivity index (χ0v) is 19.0. The van der Waals surface area contributed by atoms with Crippen LogP contribution in [0.15, 0.2) is 18.2 Å². The normalized spacial score (nSPS) is 11.7. The maximum Gasteiger partial charge on any atom is 0.422 e. The molecule has 3 rings (SSSR count). The second-order valence-electron chi connectivity index (χ2n) is 7.31. The Labute approximate surface area is 209 Å². The van der Waals surface area contributed by atoms with Crippen LogP contribution in [0.1, 0.15) is 22.4 Å². The van der Waals surface area contributed by atoms with Gasteiger partial charge in [0.1, 0.15) is 34.8 Å². The molecule has 198 valence electrons. The summed E-state index contributed by atoms with van der Waals surface area (Å²) in [7, 11) is 1.08. The summed E-state index contributed by atoms with van der Waals surface area (Å²) >= 11 is 0. The minimum atomic E-state index is -5.72. The molecule has 1 heterocycles. The van der Waals surface area contributed by atoms with Crippen molar-refractivity contribution in [3.8, 4) is 29.4 Å². The Morgan fingerprint density at radius 3 is 2.24 bits per heavy atom. The lowest BCUT2D eigenvalue weighted by Crippen LogP contribution is -2.15. The van der Waals surface area contributed by atoms with Crippen LogP contribution < -0.4 is 15.2 Å². The lowest BCUT2D eigenvalue weighted by Gasteiger charge is -2.16. The average Bonchev–Trinajstić information content (AvgIpc) is 3.18. The molecule has 0 atom stereocenters. The molecule has 38 heavy (non-hydrogen) atoms. The molecule has 0 amide bonds. The van der Waals surface area contributed by atoms with Crippen LogP contribution in [-0.2, 0) is 12.7 Å². The van der Waals surface area contributed by atoms with Crippen LogP contribution in [0, 0.1) is 45.9 Å². The lowest BCUT2D eigenvalue weighted by molar-refractivity contribution is -0.143. The van der Waals surface area contributed by atoms with Crippen LogP contribution in [0.25, 0.3) is 11.6 Å². The van der Waals surface area contributed by atoms with E-state index in [1.54, 1.807) is 6.07 Å². The van der Waals surface area contributed by atoms with Gasteiger partial charge in [0.05, 0.1) is 25.8 Å². The van der Waals surface area contributed by atoms with E-state index in [9.17, 15) is 41.3 Å². The minimum absolute atomic E-state index is 0.0582. The van der Waals surface area contributed by atoms with Gasteiger partial charge in [0.25, 0.3) is 0 Å². The van der Waals surface area contributed by atoms with Crippen LogP contribution >= 0.6 is 0 Å². The molecule has 0 aliphatic carbocycles. The van der Waals surface area contributed by atoms with Gasteiger partial charge in [-0.3, -0.25) is 0 Å². The number of aliphatic hydroxyl groups is 1. The number of alkyl halides is 3. The van der Waals surface area contributed by atoms with Gasteiger partial charge in [-0.25, -0.2) is 13.5 Å². The minimum Gasteiger partial charge on any atom is -0.493 e. The SMILES string of the molecule is COc1cc(C=C(C#N)c2nn(CCO)c(N)c2C#N)ccc1Oc1c(F)c(F)c(C(F)(F)F)c(F)c1F. The molecular weight excluding hydrogens is 527 g/mol. The summed E-state index contributed by atoms with van der Waals surface area (Å²) in [5.41, 5.74) is 2.83. The summed E-state index contributed by atoms with van der Waals surface area (Å²) in [5.74, 6) is -13.0. The van der Waals surface area contributed by atoms with Crippen LogP contribution in [0.2, 0.25) is 0 Å². The summed E-state index contributed by atoms with van der Waals surface area (Å²) in [6, 6.07) is 6.98. The Morgan fingerprint density at radius 2 is 1.74 bits per heavy atom. The largest absolute Gasteiger partial charge is 0.493 e. The molecule has 0 saturated heterocycles. The topological polar surface area (TPSA) is 130 Å². The number of anilines is 1. The van der Waals surface area contributed by atoms with Crippen LogP contribution in [0.5, 0.6) is 17.2 Å². The van der Waals surface area contributed by atoms with Crippen molar-refractivity contribution in [2.24, 2.45) is 0 Å². The number of nitrogens with zero attached hydrogens (tertiary/aromatic N) is 4. The van der Waals surface area contributed by atoms with Crippen molar-refractivity contribution in [2.45, 2.75) is 12.7 Å². The third-order valence-electron chi connectivity index (χ3n) is 5.01. The summed E-state index contributed by atoms with van der Waals surface area (Å²) < 4.78 is 106. The highest BCUT2D eigenvalue weighted by molar-refractivity contribution is 5.91. The quantitative estimate of drug-likeness (QED) is 0.250. The number of hydrogen-bond donors (Lipinski definition) is 2. The zero-order valence-electron chi connectivity index (χ0n) is 19.0. The van der Waals surface area contributed by atoms with E-state index >= 15 is 0 Å². The second kappa shape index (κ2) is 10.7. The lowest BCUT2D eigenvalue weighted by atomic mass is 10.1. The van der Waals surface area contributed by atoms with Gasteiger partial charge in [-0.05, 0) is 23.8 Å². The highest BCUT2D eigenvalue weighted by atomic mass is 19.4. The van der Waals surface area contributed by atoms with Gasteiger partial charge in [-0.2, -0.15) is 37.6 Å². The Morgan fingerprint density at radius 1 is 1.11 bits per heavy atom. The molecule has 0 aliphatic rings. The predicted molar refractivity (Wildman–Crippen MR) is 116 cm³/mol. The molecule has 0 bridgehead atoms. The van der Waals surface area contributed by atoms with E-state index < -0.39 is 46.5 Å². The summed E-state index contributed by atoms with van der Waals surface area (Å²) in [6.45, 7) is -0.411. The van der Waals surface area contributed by atoms with Crippen molar-refractivity contribution in [3.63, 3.8) is 0 Å². The van der Waals surface area contributed by atoms with Crippen molar-refractivity contribution in [1.82, 2.24) is 9.78 Å². The first-order valence-corrected chi connectivity index (χ1v) is 10.2. The van der Waals surface area contributed by atoms with E-state index in [4.69, 9.17) is 20.3 Å². The smallest absolute Gasteiger partial charge is 0.422 e. The first-order valence-electron chi connectivity index (χ1n) is 10.2. The summed E-state index contributed by atoms with van der Waals surface area (Å²) in [6.07, 6.45) is -4.50. The molecule has 8 nitrogen and oxygen atoms in total. The van der Waals surface area contributed by atoms with Crippen LogP contribution in [0.3, 0.4) is 0 Å². The van der Waals surface area contributed by atoms with Gasteiger partial charge >= 0.3 is 6.18 Å². The molecule has 0 fully saturated rings. The van der Waals surface area contributed by atoms with E-state index in [0.717, 1.165) is 23.9 Å². The number of halogens is 7. The number of benzene rings is 2. The standard InChI is InChI=1S/C23H14F7N5O3/c1-37-14-7-10(6-11(8-31)20-12(9-32)22(33)35(34-20)4-5-36)2-3-13(14)38-21-18(26)16(24)15(23(28,29)30)17(25)19(21)27/h2-3,6-7,36H,4-5,33H2,1H3. The van der Waals surface area contributed by atoms with Gasteiger partial charge < -0.3 is 20.3 Å². The van der Waals surface area contributed by atoms with Crippen molar-refractivity contribution in [3.05, 3.63) is 63.9 Å². The van der Waals surface area contributed by atoms with E-state index in [1.165, 1.54) is 12.1 Å². The number of nitrogens with two attached hydrogens (primary N) is 1. The van der Waals surface area contributed by atoms with Crippen molar-refractivity contribution in [1.29, 1.82) is 10.5 Å². The molecule has 2 aromatic carbocycles. The highest BCUT2D eigenvalue weighted by Gasteiger charge is 2.43. The number of methoxy groups -OCH3 is 1. The van der Waals surface area contributed by atoms with E-state index in [-0.39, 0.29) is 47.1 Å². The summed E-state index contributed by atoms with van der Waals surface area (Å²) in [5, 5.41) is 32.2. The number of allylic oxidation sites excluding steroid dienone is 1. The Bertz CT molecular complexity index is 1490. The average molecular weight is 541 g/mol. The number of nitrogen functional groups attached to an aromatic ring is 1. The third kappa shape index (κ3) is 5.05. The van der Waals surface area contributed by atoms with Crippen molar-refractivity contribution in [2.75, 3.05) is 19.5 Å². The zero-order chi connectivity index (χ0) is 28.4. The molecular formula is C23H14F7N5O3. The highest BCUT2D eigenvalue weighted by Crippen LogP contribution is 2.42. The van der Waals surface area contributed by atoms with Gasteiger partial charge in [0.2, 0.25) is 17.4 Å². The first-order chi connectivity index (χ1) is 17.9. The van der Waals surface area contributed by atoms with Crippen LogP contribution in [0.4, 0.5) is 36.6 Å².